The van der Waals surface area contributed by atoms with E-state index in [1.165, 1.54) is 199 Å². The number of hydrogen-bond acceptors (Lipinski definition) is 7. The van der Waals surface area contributed by atoms with Gasteiger partial charge in [-0.15, -0.1) is 0 Å². The van der Waals surface area contributed by atoms with Crippen molar-refractivity contribution in [3.63, 3.8) is 0 Å². The number of phosphoric acid groups is 1. The van der Waals surface area contributed by atoms with E-state index in [1.54, 1.807) is 0 Å². The molecule has 0 saturated heterocycles. The zero-order valence-electron chi connectivity index (χ0n) is 39.5. The van der Waals surface area contributed by atoms with Crippen molar-refractivity contribution in [2.75, 3.05) is 54.1 Å². The molecule has 0 heterocycles. The van der Waals surface area contributed by atoms with Crippen LogP contribution in [-0.2, 0) is 27.9 Å². The third kappa shape index (κ3) is 46.6. The molecule has 2 atom stereocenters. The number of likely N-dealkylation sites (N-methyl/N-ethyl adjacent to an activating group) is 1. The van der Waals surface area contributed by atoms with E-state index >= 15 is 0 Å². The van der Waals surface area contributed by atoms with Gasteiger partial charge < -0.3 is 27.9 Å². The second-order valence-corrected chi connectivity index (χ2v) is 20.0. The van der Waals surface area contributed by atoms with E-state index in [1.807, 2.05) is 21.1 Å². The second-order valence-electron chi connectivity index (χ2n) is 18.5. The molecule has 0 rings (SSSR count). The van der Waals surface area contributed by atoms with Gasteiger partial charge in [0.2, 0.25) is 0 Å². The molecule has 0 saturated carbocycles. The van der Waals surface area contributed by atoms with Crippen LogP contribution in [0.1, 0.15) is 251 Å². The van der Waals surface area contributed by atoms with E-state index in [4.69, 9.17) is 18.5 Å². The Morgan fingerprint density at radius 2 is 0.793 bits per heavy atom. The summed E-state index contributed by atoms with van der Waals surface area (Å²) in [5.41, 5.74) is 0. The molecule has 0 radical (unpaired) electrons. The van der Waals surface area contributed by atoms with Gasteiger partial charge in [-0.1, -0.05) is 232 Å². The number of nitrogens with zero attached hydrogens (tertiary/aromatic N) is 1. The number of rotatable bonds is 48. The third-order valence-corrected chi connectivity index (χ3v) is 12.4. The lowest BCUT2D eigenvalue weighted by Crippen LogP contribution is -2.37. The first-order chi connectivity index (χ1) is 28.1. The largest absolute Gasteiger partial charge is 0.756 e. The Balaban J connectivity index is 4.00. The average Bonchev–Trinajstić information content (AvgIpc) is 3.18. The van der Waals surface area contributed by atoms with Gasteiger partial charge in [-0.2, -0.15) is 0 Å². The van der Waals surface area contributed by atoms with Crippen LogP contribution in [-0.4, -0.2) is 70.7 Å². The molecule has 0 fully saturated rings. The summed E-state index contributed by atoms with van der Waals surface area (Å²) in [5, 5.41) is 0. The summed E-state index contributed by atoms with van der Waals surface area (Å²) in [6, 6.07) is 0. The summed E-state index contributed by atoms with van der Waals surface area (Å²) >= 11 is 0. The second kappa shape index (κ2) is 43.2. The summed E-state index contributed by atoms with van der Waals surface area (Å²) < 4.78 is 34.7. The van der Waals surface area contributed by atoms with Gasteiger partial charge in [0, 0.05) is 13.0 Å². The molecule has 0 aromatic carbocycles. The molecule has 0 N–H and O–H groups in total. The zero-order chi connectivity index (χ0) is 42.7. The van der Waals surface area contributed by atoms with E-state index in [2.05, 4.69) is 13.8 Å². The molecule has 58 heavy (non-hydrogen) atoms. The van der Waals surface area contributed by atoms with Crippen molar-refractivity contribution < 1.29 is 37.3 Å². The zero-order valence-corrected chi connectivity index (χ0v) is 40.4. The standard InChI is InChI=1S/C49H100NO7P/c1-6-8-10-12-14-16-18-20-21-22-23-24-25-26-27-28-29-30-31-33-35-37-39-41-44-54-46-48(47-56-58(52,53)55-45-43-50(3,4)5)57-49(51)42-40-38-36-34-32-19-17-15-13-11-9-7-2/h48H,6-47H2,1-5H3. The van der Waals surface area contributed by atoms with Crippen molar-refractivity contribution in [3.05, 3.63) is 0 Å². The highest BCUT2D eigenvalue weighted by molar-refractivity contribution is 7.45. The summed E-state index contributed by atoms with van der Waals surface area (Å²) in [5.74, 6) is -0.328. The van der Waals surface area contributed by atoms with Gasteiger partial charge in [0.15, 0.2) is 0 Å². The Kier molecular flexibility index (Phi) is 42.8. The molecule has 2 unspecified atom stereocenters. The minimum absolute atomic E-state index is 0.0315. The molecule has 348 valence electrons. The molecular formula is C49H100NO7P. The molecule has 0 aliphatic rings. The van der Waals surface area contributed by atoms with Crippen LogP contribution < -0.4 is 4.89 Å². The normalized spacial score (nSPS) is 13.6. The van der Waals surface area contributed by atoms with E-state index in [0.29, 0.717) is 24.1 Å². The van der Waals surface area contributed by atoms with Crippen LogP contribution in [0, 0.1) is 0 Å². The Bertz CT molecular complexity index is 899. The molecule has 0 spiro atoms. The lowest BCUT2D eigenvalue weighted by atomic mass is 10.0. The first-order valence-corrected chi connectivity index (χ1v) is 26.7. The van der Waals surface area contributed by atoms with Crippen molar-refractivity contribution in [3.8, 4) is 0 Å². The number of carbonyl (C=O) groups excluding carboxylic acids is 1. The lowest BCUT2D eigenvalue weighted by molar-refractivity contribution is -0.870. The van der Waals surface area contributed by atoms with Crippen molar-refractivity contribution >= 4 is 13.8 Å². The Labute approximate surface area is 361 Å². The number of carbonyl (C=O) groups is 1. The topological polar surface area (TPSA) is 94.1 Å². The van der Waals surface area contributed by atoms with Gasteiger partial charge in [-0.05, 0) is 12.8 Å². The molecule has 0 amide bonds. The highest BCUT2D eigenvalue weighted by Crippen LogP contribution is 2.38. The van der Waals surface area contributed by atoms with Crippen LogP contribution in [0.3, 0.4) is 0 Å². The molecule has 0 aliphatic heterocycles. The fourth-order valence-corrected chi connectivity index (χ4v) is 8.22. The predicted octanol–water partition coefficient (Wildman–Crippen LogP) is 14.6. The van der Waals surface area contributed by atoms with Crippen LogP contribution in [0.4, 0.5) is 0 Å². The summed E-state index contributed by atoms with van der Waals surface area (Å²) in [4.78, 5) is 25.1. The van der Waals surface area contributed by atoms with Crippen molar-refractivity contribution in [2.45, 2.75) is 258 Å². The van der Waals surface area contributed by atoms with E-state index in [-0.39, 0.29) is 25.8 Å². The number of unbranched alkanes of at least 4 members (excludes halogenated alkanes) is 34. The summed E-state index contributed by atoms with van der Waals surface area (Å²) in [6.07, 6.45) is 47.0. The van der Waals surface area contributed by atoms with Gasteiger partial charge in [-0.25, -0.2) is 0 Å². The maximum Gasteiger partial charge on any atom is 0.306 e. The maximum atomic E-state index is 12.7. The van der Waals surface area contributed by atoms with Crippen LogP contribution in [0.2, 0.25) is 0 Å². The molecule has 0 aliphatic carbocycles. The van der Waals surface area contributed by atoms with Crippen molar-refractivity contribution in [2.24, 2.45) is 0 Å². The predicted molar refractivity (Wildman–Crippen MR) is 245 cm³/mol. The first kappa shape index (κ1) is 57.5. The van der Waals surface area contributed by atoms with E-state index < -0.39 is 13.9 Å². The van der Waals surface area contributed by atoms with Crippen molar-refractivity contribution in [1.29, 1.82) is 0 Å². The fraction of sp³-hybridized carbons (Fsp3) is 0.980. The monoisotopic (exact) mass is 846 g/mol. The SMILES string of the molecule is CCCCCCCCCCCCCCCCCCCCCCCCCCOCC(COP(=O)([O-])OCC[N+](C)(C)C)OC(=O)CCCCCCCCCCCCCC. The third-order valence-electron chi connectivity index (χ3n) is 11.4. The van der Waals surface area contributed by atoms with Gasteiger partial charge in [-0.3, -0.25) is 9.36 Å². The Morgan fingerprint density at radius 3 is 1.14 bits per heavy atom. The Morgan fingerprint density at radius 1 is 0.466 bits per heavy atom. The fourth-order valence-electron chi connectivity index (χ4n) is 7.49. The molecule has 8 nitrogen and oxygen atoms in total. The maximum absolute atomic E-state index is 12.7. The molecule has 0 aromatic heterocycles. The van der Waals surface area contributed by atoms with Gasteiger partial charge >= 0.3 is 5.97 Å². The Hall–Kier alpha value is -0.500. The molecule has 0 aromatic rings. The molecule has 0 bridgehead atoms. The van der Waals surface area contributed by atoms with Gasteiger partial charge in [0.1, 0.15) is 19.3 Å². The van der Waals surface area contributed by atoms with Crippen LogP contribution in [0.15, 0.2) is 0 Å². The van der Waals surface area contributed by atoms with Gasteiger partial charge in [0.25, 0.3) is 7.82 Å². The van der Waals surface area contributed by atoms with Crippen LogP contribution in [0.5, 0.6) is 0 Å². The lowest BCUT2D eigenvalue weighted by Gasteiger charge is -2.28. The smallest absolute Gasteiger partial charge is 0.306 e. The number of quaternary nitrogens is 1. The van der Waals surface area contributed by atoms with Crippen LogP contribution in [0.25, 0.3) is 0 Å². The van der Waals surface area contributed by atoms with Crippen molar-refractivity contribution in [1.82, 2.24) is 0 Å². The number of hydrogen-bond donors (Lipinski definition) is 0. The first-order valence-electron chi connectivity index (χ1n) is 25.3. The average molecular weight is 846 g/mol. The highest BCUT2D eigenvalue weighted by atomic mass is 31.2. The quantitative estimate of drug-likeness (QED) is 0.0260. The van der Waals surface area contributed by atoms with E-state index in [0.717, 1.165) is 32.1 Å². The summed E-state index contributed by atoms with van der Waals surface area (Å²) in [6.45, 7) is 5.48. The number of phosphoric ester groups is 1. The molecule has 9 heteroatoms. The number of esters is 1. The van der Waals surface area contributed by atoms with Crippen LogP contribution >= 0.6 is 7.82 Å². The minimum Gasteiger partial charge on any atom is -0.756 e. The number of ether oxygens (including phenoxy) is 2. The van der Waals surface area contributed by atoms with E-state index in [9.17, 15) is 14.3 Å². The van der Waals surface area contributed by atoms with Gasteiger partial charge in [0.05, 0.1) is 34.4 Å². The molecular weight excluding hydrogens is 746 g/mol. The summed E-state index contributed by atoms with van der Waals surface area (Å²) in [7, 11) is 1.38. The highest BCUT2D eigenvalue weighted by Gasteiger charge is 2.20. The minimum atomic E-state index is -4.52.